The number of rotatable bonds is 3. The smallest absolute Gasteiger partial charge is 0.0441 e. The minimum atomic E-state index is 0.807. The average Bonchev–Trinajstić information content (AvgIpc) is 2.30. The van der Waals surface area contributed by atoms with Gasteiger partial charge >= 0.3 is 0 Å². The number of aromatic nitrogens is 1. The zero-order chi connectivity index (χ0) is 12.3. The summed E-state index contributed by atoms with van der Waals surface area (Å²) in [6, 6.07) is 10.0. The van der Waals surface area contributed by atoms with Gasteiger partial charge in [0, 0.05) is 37.4 Å². The Balaban J connectivity index is 2.17. The van der Waals surface area contributed by atoms with E-state index in [1.54, 1.807) is 6.20 Å². The molecule has 0 unspecified atom stereocenters. The Morgan fingerprint density at radius 2 is 2.12 bits per heavy atom. The van der Waals surface area contributed by atoms with Gasteiger partial charge in [-0.2, -0.15) is 0 Å². The van der Waals surface area contributed by atoms with E-state index in [9.17, 15) is 0 Å². The van der Waals surface area contributed by atoms with Gasteiger partial charge < -0.3 is 10.6 Å². The number of nitrogens with two attached hydrogens (primary N) is 1. The Kier molecular flexibility index (Phi) is 3.28. The standard InChI is InChI=1S/C14H17N3/c1-11-8-13(15)5-6-14(11)17(2)10-12-4-3-7-16-9-12/h3-9H,10,15H2,1-2H3. The molecule has 17 heavy (non-hydrogen) atoms. The first-order chi connectivity index (χ1) is 8.16. The molecule has 0 fully saturated rings. The van der Waals surface area contributed by atoms with Gasteiger partial charge in [-0.25, -0.2) is 0 Å². The van der Waals surface area contributed by atoms with E-state index in [0.717, 1.165) is 12.2 Å². The van der Waals surface area contributed by atoms with Gasteiger partial charge in [0.1, 0.15) is 0 Å². The van der Waals surface area contributed by atoms with E-state index in [-0.39, 0.29) is 0 Å². The lowest BCUT2D eigenvalue weighted by Crippen LogP contribution is -2.17. The second kappa shape index (κ2) is 4.87. The van der Waals surface area contributed by atoms with Gasteiger partial charge in [0.15, 0.2) is 0 Å². The Hall–Kier alpha value is -2.03. The van der Waals surface area contributed by atoms with E-state index in [2.05, 4.69) is 36.0 Å². The number of benzene rings is 1. The van der Waals surface area contributed by atoms with Crippen LogP contribution in [0.4, 0.5) is 11.4 Å². The maximum absolute atomic E-state index is 5.75. The number of nitrogens with zero attached hydrogens (tertiary/aromatic N) is 2. The number of nitrogen functional groups attached to an aromatic ring is 1. The summed E-state index contributed by atoms with van der Waals surface area (Å²) in [7, 11) is 2.07. The van der Waals surface area contributed by atoms with Crippen LogP contribution in [0.5, 0.6) is 0 Å². The predicted octanol–water partition coefficient (Wildman–Crippen LogP) is 2.61. The molecule has 0 bridgehead atoms. The van der Waals surface area contributed by atoms with Gasteiger partial charge in [-0.15, -0.1) is 0 Å². The lowest BCUT2D eigenvalue weighted by molar-refractivity contribution is 0.910. The largest absolute Gasteiger partial charge is 0.399 e. The number of aryl methyl sites for hydroxylation is 1. The van der Waals surface area contributed by atoms with Gasteiger partial charge in [-0.05, 0) is 42.3 Å². The number of anilines is 2. The first-order valence-electron chi connectivity index (χ1n) is 5.63. The summed E-state index contributed by atoms with van der Waals surface area (Å²) in [5.74, 6) is 0. The Labute approximate surface area is 102 Å². The van der Waals surface area contributed by atoms with E-state index in [1.165, 1.54) is 16.8 Å². The molecule has 3 heteroatoms. The highest BCUT2D eigenvalue weighted by atomic mass is 15.1. The molecule has 2 aromatic rings. The lowest BCUT2D eigenvalue weighted by atomic mass is 10.1. The molecule has 1 aromatic carbocycles. The zero-order valence-electron chi connectivity index (χ0n) is 10.2. The minimum Gasteiger partial charge on any atom is -0.399 e. The van der Waals surface area contributed by atoms with Gasteiger partial charge in [0.05, 0.1) is 0 Å². The fourth-order valence-corrected chi connectivity index (χ4v) is 1.96. The first kappa shape index (κ1) is 11.5. The van der Waals surface area contributed by atoms with Crippen LogP contribution in [-0.4, -0.2) is 12.0 Å². The fraction of sp³-hybridized carbons (Fsp3) is 0.214. The average molecular weight is 227 g/mol. The van der Waals surface area contributed by atoms with Crippen molar-refractivity contribution in [1.82, 2.24) is 4.98 Å². The molecule has 0 spiro atoms. The van der Waals surface area contributed by atoms with Gasteiger partial charge in [0.2, 0.25) is 0 Å². The Morgan fingerprint density at radius 3 is 2.76 bits per heavy atom. The minimum absolute atomic E-state index is 0.807. The van der Waals surface area contributed by atoms with Gasteiger partial charge in [0.25, 0.3) is 0 Å². The monoisotopic (exact) mass is 227 g/mol. The Morgan fingerprint density at radius 1 is 1.29 bits per heavy atom. The van der Waals surface area contributed by atoms with E-state index in [4.69, 9.17) is 5.73 Å². The summed E-state index contributed by atoms with van der Waals surface area (Å²) < 4.78 is 0. The van der Waals surface area contributed by atoms with Crippen LogP contribution < -0.4 is 10.6 Å². The molecule has 0 atom stereocenters. The fourth-order valence-electron chi connectivity index (χ4n) is 1.96. The van der Waals surface area contributed by atoms with Crippen LogP contribution in [0.3, 0.4) is 0 Å². The summed E-state index contributed by atoms with van der Waals surface area (Å²) >= 11 is 0. The van der Waals surface area contributed by atoms with Crippen molar-refractivity contribution in [3.63, 3.8) is 0 Å². The molecule has 1 aromatic heterocycles. The van der Waals surface area contributed by atoms with E-state index in [0.29, 0.717) is 0 Å². The molecule has 0 saturated carbocycles. The molecule has 3 nitrogen and oxygen atoms in total. The van der Waals surface area contributed by atoms with Crippen molar-refractivity contribution >= 4 is 11.4 Å². The van der Waals surface area contributed by atoms with Crippen molar-refractivity contribution in [3.8, 4) is 0 Å². The second-order valence-electron chi connectivity index (χ2n) is 4.26. The molecule has 0 aliphatic heterocycles. The summed E-state index contributed by atoms with van der Waals surface area (Å²) in [5, 5.41) is 0. The molecule has 2 rings (SSSR count). The molecular weight excluding hydrogens is 210 g/mol. The topological polar surface area (TPSA) is 42.1 Å². The summed E-state index contributed by atoms with van der Waals surface area (Å²) in [4.78, 5) is 6.32. The van der Waals surface area contributed by atoms with Crippen molar-refractivity contribution in [2.24, 2.45) is 0 Å². The molecule has 88 valence electrons. The van der Waals surface area contributed by atoms with Crippen molar-refractivity contribution in [3.05, 3.63) is 53.9 Å². The number of hydrogen-bond donors (Lipinski definition) is 1. The van der Waals surface area contributed by atoms with Crippen LogP contribution in [0.15, 0.2) is 42.7 Å². The van der Waals surface area contributed by atoms with Crippen LogP contribution in [0.1, 0.15) is 11.1 Å². The molecule has 0 radical (unpaired) electrons. The van der Waals surface area contributed by atoms with E-state index < -0.39 is 0 Å². The van der Waals surface area contributed by atoms with E-state index >= 15 is 0 Å². The maximum Gasteiger partial charge on any atom is 0.0441 e. The zero-order valence-corrected chi connectivity index (χ0v) is 10.2. The highest BCUT2D eigenvalue weighted by Crippen LogP contribution is 2.22. The highest BCUT2D eigenvalue weighted by molar-refractivity contribution is 5.58. The molecule has 2 N–H and O–H groups in total. The van der Waals surface area contributed by atoms with Crippen molar-refractivity contribution < 1.29 is 0 Å². The van der Waals surface area contributed by atoms with Gasteiger partial charge in [-0.1, -0.05) is 6.07 Å². The van der Waals surface area contributed by atoms with Crippen LogP contribution in [0, 0.1) is 6.92 Å². The lowest BCUT2D eigenvalue weighted by Gasteiger charge is -2.21. The summed E-state index contributed by atoms with van der Waals surface area (Å²) in [6.07, 6.45) is 3.68. The molecule has 0 aliphatic carbocycles. The quantitative estimate of drug-likeness (QED) is 0.819. The summed E-state index contributed by atoms with van der Waals surface area (Å²) in [6.45, 7) is 2.92. The normalized spacial score (nSPS) is 10.2. The molecule has 0 aliphatic rings. The molecule has 1 heterocycles. The van der Waals surface area contributed by atoms with E-state index in [1.807, 2.05) is 24.4 Å². The van der Waals surface area contributed by atoms with Crippen LogP contribution in [0.25, 0.3) is 0 Å². The first-order valence-corrected chi connectivity index (χ1v) is 5.63. The molecule has 0 amide bonds. The third kappa shape index (κ3) is 2.75. The van der Waals surface area contributed by atoms with Crippen molar-refractivity contribution in [2.75, 3.05) is 17.7 Å². The van der Waals surface area contributed by atoms with Gasteiger partial charge in [-0.3, -0.25) is 4.98 Å². The molecule has 0 saturated heterocycles. The van der Waals surface area contributed by atoms with Crippen molar-refractivity contribution in [1.29, 1.82) is 0 Å². The van der Waals surface area contributed by atoms with Crippen molar-refractivity contribution in [2.45, 2.75) is 13.5 Å². The molecular formula is C14H17N3. The highest BCUT2D eigenvalue weighted by Gasteiger charge is 2.05. The third-order valence-corrected chi connectivity index (χ3v) is 2.77. The van der Waals surface area contributed by atoms with Crippen LogP contribution in [-0.2, 0) is 6.54 Å². The van der Waals surface area contributed by atoms with Crippen LogP contribution in [0.2, 0.25) is 0 Å². The SMILES string of the molecule is Cc1cc(N)ccc1N(C)Cc1cccnc1. The number of pyridine rings is 1. The predicted molar refractivity (Wildman–Crippen MR) is 71.9 cm³/mol. The maximum atomic E-state index is 5.75. The van der Waals surface area contributed by atoms with Crippen LogP contribution >= 0.6 is 0 Å². The Bertz CT molecular complexity index is 494. The third-order valence-electron chi connectivity index (χ3n) is 2.77. The number of hydrogen-bond acceptors (Lipinski definition) is 3. The summed E-state index contributed by atoms with van der Waals surface area (Å²) in [5.41, 5.74) is 10.1. The second-order valence-corrected chi connectivity index (χ2v) is 4.26.